The van der Waals surface area contributed by atoms with Gasteiger partial charge in [-0.1, -0.05) is 66.7 Å². The number of likely N-dealkylation sites (tertiary alicyclic amines) is 1. The third-order valence-electron chi connectivity index (χ3n) is 5.19. The summed E-state index contributed by atoms with van der Waals surface area (Å²) in [6, 6.07) is 20.7. The number of ether oxygens (including phenoxy) is 1. The first kappa shape index (κ1) is 20.3. The lowest BCUT2D eigenvalue weighted by Crippen LogP contribution is -2.39. The van der Waals surface area contributed by atoms with Crippen LogP contribution in [-0.4, -0.2) is 48.8 Å². The van der Waals surface area contributed by atoms with Crippen molar-refractivity contribution in [3.8, 4) is 0 Å². The minimum absolute atomic E-state index is 0.211. The van der Waals surface area contributed by atoms with Crippen molar-refractivity contribution in [2.75, 3.05) is 32.8 Å². The van der Waals surface area contributed by atoms with Gasteiger partial charge in [-0.3, -0.25) is 4.79 Å². The van der Waals surface area contributed by atoms with Gasteiger partial charge in [0.1, 0.15) is 0 Å². The normalized spacial score (nSPS) is 17.2. The largest absolute Gasteiger partial charge is 0.481 e. The number of benzene rings is 2. The highest BCUT2D eigenvalue weighted by atomic mass is 16.5. The molecule has 1 atom stereocenters. The molecule has 28 heavy (non-hydrogen) atoms. The Hall–Kier alpha value is -2.43. The summed E-state index contributed by atoms with van der Waals surface area (Å²) in [4.78, 5) is 13.4. The Balaban J connectivity index is 1.47. The van der Waals surface area contributed by atoms with Gasteiger partial charge in [-0.2, -0.15) is 0 Å². The zero-order valence-electron chi connectivity index (χ0n) is 16.3. The lowest BCUT2D eigenvalue weighted by molar-refractivity contribution is -0.143. The van der Waals surface area contributed by atoms with Crippen molar-refractivity contribution in [1.29, 1.82) is 0 Å². The van der Waals surface area contributed by atoms with Crippen LogP contribution in [0.5, 0.6) is 0 Å². The molecule has 1 N–H and O–H groups in total. The second kappa shape index (κ2) is 10.8. The Morgan fingerprint density at radius 1 is 1.07 bits per heavy atom. The Kier molecular flexibility index (Phi) is 7.82. The van der Waals surface area contributed by atoms with Gasteiger partial charge >= 0.3 is 5.97 Å². The van der Waals surface area contributed by atoms with E-state index in [1.165, 1.54) is 16.7 Å². The summed E-state index contributed by atoms with van der Waals surface area (Å²) in [5, 5.41) is 9.18. The number of carboxylic acids is 1. The van der Waals surface area contributed by atoms with Crippen molar-refractivity contribution in [2.24, 2.45) is 5.92 Å². The summed E-state index contributed by atoms with van der Waals surface area (Å²) < 4.78 is 5.85. The van der Waals surface area contributed by atoms with E-state index in [1.807, 2.05) is 12.1 Å². The van der Waals surface area contributed by atoms with E-state index in [4.69, 9.17) is 4.74 Å². The summed E-state index contributed by atoms with van der Waals surface area (Å²) in [5.41, 5.74) is 3.55. The monoisotopic (exact) mass is 379 g/mol. The van der Waals surface area contributed by atoms with Crippen molar-refractivity contribution in [1.82, 2.24) is 4.90 Å². The molecule has 1 fully saturated rings. The number of nitrogens with zero attached hydrogens (tertiary/aromatic N) is 1. The van der Waals surface area contributed by atoms with Gasteiger partial charge in [0, 0.05) is 19.7 Å². The molecule has 1 saturated heterocycles. The predicted octanol–water partition coefficient (Wildman–Crippen LogP) is 4.32. The van der Waals surface area contributed by atoms with Crippen molar-refractivity contribution in [3.05, 3.63) is 77.9 Å². The van der Waals surface area contributed by atoms with Crippen LogP contribution in [-0.2, 0) is 9.53 Å². The highest BCUT2D eigenvalue weighted by Gasteiger charge is 2.24. The van der Waals surface area contributed by atoms with Crippen LogP contribution in [0.3, 0.4) is 0 Å². The third-order valence-corrected chi connectivity index (χ3v) is 5.19. The molecule has 0 spiro atoms. The zero-order valence-corrected chi connectivity index (χ0v) is 16.3. The van der Waals surface area contributed by atoms with Gasteiger partial charge in [-0.05, 0) is 42.5 Å². The maximum atomic E-state index is 11.2. The van der Waals surface area contributed by atoms with Crippen LogP contribution in [0, 0.1) is 5.92 Å². The molecule has 2 aromatic carbocycles. The minimum atomic E-state index is -0.666. The Bertz CT molecular complexity index is 716. The maximum Gasteiger partial charge on any atom is 0.307 e. The molecule has 1 unspecified atom stereocenters. The summed E-state index contributed by atoms with van der Waals surface area (Å²) in [6.45, 7) is 3.81. The molecule has 3 rings (SSSR count). The molecule has 1 heterocycles. The van der Waals surface area contributed by atoms with Gasteiger partial charge in [-0.25, -0.2) is 0 Å². The van der Waals surface area contributed by atoms with Gasteiger partial charge < -0.3 is 14.7 Å². The number of rotatable bonds is 9. The topological polar surface area (TPSA) is 49.8 Å². The van der Waals surface area contributed by atoms with Crippen molar-refractivity contribution < 1.29 is 14.6 Å². The van der Waals surface area contributed by atoms with E-state index >= 15 is 0 Å². The molecule has 1 aliphatic rings. The number of hydrogen-bond donors (Lipinski definition) is 1. The number of carbonyl (C=O) groups is 1. The molecule has 0 saturated carbocycles. The second-order valence-corrected chi connectivity index (χ2v) is 7.26. The first-order valence-corrected chi connectivity index (χ1v) is 10.1. The van der Waals surface area contributed by atoms with Crippen LogP contribution in [0.4, 0.5) is 0 Å². The molecular formula is C24H29NO3. The molecule has 148 valence electrons. The van der Waals surface area contributed by atoms with Gasteiger partial charge in [0.2, 0.25) is 0 Å². The zero-order chi connectivity index (χ0) is 19.6. The van der Waals surface area contributed by atoms with Crippen LogP contribution in [0.25, 0.3) is 5.57 Å². The first-order valence-electron chi connectivity index (χ1n) is 10.1. The second-order valence-electron chi connectivity index (χ2n) is 7.26. The highest BCUT2D eigenvalue weighted by Crippen LogP contribution is 2.23. The molecule has 2 aromatic rings. The number of hydrogen-bond acceptors (Lipinski definition) is 3. The molecule has 4 nitrogen and oxygen atoms in total. The van der Waals surface area contributed by atoms with E-state index in [2.05, 4.69) is 59.5 Å². The molecule has 0 amide bonds. The summed E-state index contributed by atoms with van der Waals surface area (Å²) >= 11 is 0. The average molecular weight is 380 g/mol. The molecule has 0 radical (unpaired) electrons. The lowest BCUT2D eigenvalue weighted by Gasteiger charge is -2.30. The van der Waals surface area contributed by atoms with Gasteiger partial charge in [0.15, 0.2) is 0 Å². The Morgan fingerprint density at radius 2 is 1.71 bits per heavy atom. The Labute approximate surface area is 167 Å². The van der Waals surface area contributed by atoms with E-state index in [-0.39, 0.29) is 5.92 Å². The molecular weight excluding hydrogens is 350 g/mol. The minimum Gasteiger partial charge on any atom is -0.481 e. The van der Waals surface area contributed by atoms with Crippen molar-refractivity contribution in [2.45, 2.75) is 19.3 Å². The fourth-order valence-corrected chi connectivity index (χ4v) is 3.71. The SMILES string of the molecule is O=C(O)C1CCCN(CCCOCC=C(c2ccccc2)c2ccccc2)C1. The van der Waals surface area contributed by atoms with Crippen LogP contribution in [0.15, 0.2) is 66.7 Å². The number of aliphatic carboxylic acids is 1. The lowest BCUT2D eigenvalue weighted by atomic mass is 9.98. The smallest absolute Gasteiger partial charge is 0.307 e. The molecule has 0 aliphatic carbocycles. The van der Waals surface area contributed by atoms with E-state index in [9.17, 15) is 9.90 Å². The molecule has 0 bridgehead atoms. The number of piperidine rings is 1. The van der Waals surface area contributed by atoms with Gasteiger partial charge in [0.25, 0.3) is 0 Å². The van der Waals surface area contributed by atoms with Gasteiger partial charge in [0.05, 0.1) is 12.5 Å². The summed E-state index contributed by atoms with van der Waals surface area (Å²) in [6.07, 6.45) is 4.84. The molecule has 0 aromatic heterocycles. The Morgan fingerprint density at radius 3 is 2.32 bits per heavy atom. The maximum absolute atomic E-state index is 11.2. The predicted molar refractivity (Wildman–Crippen MR) is 112 cm³/mol. The summed E-state index contributed by atoms with van der Waals surface area (Å²) in [5.74, 6) is -0.877. The number of carboxylic acid groups (broad SMARTS) is 1. The fraction of sp³-hybridized carbons (Fsp3) is 0.375. The van der Waals surface area contributed by atoms with Gasteiger partial charge in [-0.15, -0.1) is 0 Å². The van der Waals surface area contributed by atoms with Crippen LogP contribution in [0.2, 0.25) is 0 Å². The van der Waals surface area contributed by atoms with Crippen molar-refractivity contribution >= 4 is 11.5 Å². The third kappa shape index (κ3) is 6.04. The van der Waals surface area contributed by atoms with E-state index in [0.717, 1.165) is 32.4 Å². The van der Waals surface area contributed by atoms with E-state index < -0.39 is 5.97 Å². The van der Waals surface area contributed by atoms with E-state index in [1.54, 1.807) is 0 Å². The fourth-order valence-electron chi connectivity index (χ4n) is 3.71. The van der Waals surface area contributed by atoms with E-state index in [0.29, 0.717) is 19.8 Å². The molecule has 1 aliphatic heterocycles. The molecule has 4 heteroatoms. The average Bonchev–Trinajstić information content (AvgIpc) is 2.74. The van der Waals surface area contributed by atoms with Crippen molar-refractivity contribution in [3.63, 3.8) is 0 Å². The van der Waals surface area contributed by atoms with Crippen LogP contribution >= 0.6 is 0 Å². The van der Waals surface area contributed by atoms with Crippen LogP contribution in [0.1, 0.15) is 30.4 Å². The summed E-state index contributed by atoms with van der Waals surface area (Å²) in [7, 11) is 0. The first-order chi connectivity index (χ1) is 13.7. The quantitative estimate of drug-likeness (QED) is 0.659. The standard InChI is InChI=1S/C24H29NO3/c26-24(27)22-13-7-15-25(19-22)16-8-17-28-18-14-23(20-9-3-1-4-10-20)21-11-5-2-6-12-21/h1-6,9-12,14,22H,7-8,13,15-19H2,(H,26,27). The highest BCUT2D eigenvalue weighted by molar-refractivity contribution is 5.79. The van der Waals surface area contributed by atoms with Crippen LogP contribution < -0.4 is 0 Å².